The molecule has 4 rings (SSSR count). The van der Waals surface area contributed by atoms with Crippen LogP contribution in [-0.2, 0) is 0 Å². The van der Waals surface area contributed by atoms with Crippen molar-refractivity contribution in [3.05, 3.63) is 36.7 Å². The largest absolute Gasteiger partial charge is 0.497 e. The Labute approximate surface area is 151 Å². The number of likely N-dealkylation sites (N-methyl/N-ethyl adjacent to an activating group) is 1. The number of anilines is 1. The number of thiophene rings is 1. The van der Waals surface area contributed by atoms with E-state index in [9.17, 15) is 0 Å². The van der Waals surface area contributed by atoms with Crippen molar-refractivity contribution in [3.8, 4) is 16.2 Å². The van der Waals surface area contributed by atoms with Gasteiger partial charge in [0, 0.05) is 31.1 Å². The van der Waals surface area contributed by atoms with Crippen molar-refractivity contribution in [1.29, 1.82) is 0 Å². The van der Waals surface area contributed by atoms with Crippen molar-refractivity contribution in [2.24, 2.45) is 0 Å². The molecule has 0 unspecified atom stereocenters. The number of hydrogen-bond acceptors (Lipinski definition) is 6. The van der Waals surface area contributed by atoms with E-state index in [-0.39, 0.29) is 0 Å². The van der Waals surface area contributed by atoms with E-state index >= 15 is 0 Å². The average Bonchev–Trinajstić information content (AvgIpc) is 3.12. The molecule has 130 valence electrons. The zero-order valence-corrected chi connectivity index (χ0v) is 15.4. The molecule has 5 nitrogen and oxygen atoms in total. The predicted molar refractivity (Wildman–Crippen MR) is 104 cm³/mol. The highest BCUT2D eigenvalue weighted by Gasteiger charge is 2.20. The van der Waals surface area contributed by atoms with E-state index in [1.807, 2.05) is 12.1 Å². The summed E-state index contributed by atoms with van der Waals surface area (Å²) in [5.41, 5.74) is 2.21. The van der Waals surface area contributed by atoms with Crippen LogP contribution in [0.15, 0.2) is 36.7 Å². The average molecular weight is 354 g/mol. The van der Waals surface area contributed by atoms with Crippen molar-refractivity contribution in [2.75, 3.05) is 44.7 Å². The first-order valence-corrected chi connectivity index (χ1v) is 9.46. The van der Waals surface area contributed by atoms with Gasteiger partial charge in [0.05, 0.1) is 17.3 Å². The van der Waals surface area contributed by atoms with Crippen LogP contribution in [0.3, 0.4) is 0 Å². The molecule has 6 heteroatoms. The molecule has 0 atom stereocenters. The van der Waals surface area contributed by atoms with Crippen LogP contribution in [-0.4, -0.2) is 54.7 Å². The first-order chi connectivity index (χ1) is 12.3. The molecule has 0 radical (unpaired) electrons. The van der Waals surface area contributed by atoms with Gasteiger partial charge >= 0.3 is 0 Å². The molecule has 0 amide bonds. The van der Waals surface area contributed by atoms with E-state index in [2.05, 4.69) is 44.9 Å². The second-order valence-electron chi connectivity index (χ2n) is 6.17. The van der Waals surface area contributed by atoms with Crippen molar-refractivity contribution in [2.45, 2.75) is 6.92 Å². The van der Waals surface area contributed by atoms with Crippen LogP contribution in [0.5, 0.6) is 5.75 Å². The molecule has 0 saturated carbocycles. The molecule has 3 heterocycles. The van der Waals surface area contributed by atoms with Crippen LogP contribution in [0.25, 0.3) is 20.7 Å². The summed E-state index contributed by atoms with van der Waals surface area (Å²) in [4.78, 5) is 15.2. The smallest absolute Gasteiger partial charge is 0.150 e. The van der Waals surface area contributed by atoms with Gasteiger partial charge in [-0.25, -0.2) is 9.97 Å². The number of benzene rings is 1. The van der Waals surface area contributed by atoms with Gasteiger partial charge in [-0.15, -0.1) is 11.3 Å². The Hall–Kier alpha value is -2.18. The molecule has 25 heavy (non-hydrogen) atoms. The van der Waals surface area contributed by atoms with E-state index in [1.54, 1.807) is 24.8 Å². The molecule has 1 aliphatic heterocycles. The Morgan fingerprint density at radius 2 is 1.84 bits per heavy atom. The number of piperazine rings is 1. The minimum Gasteiger partial charge on any atom is -0.497 e. The summed E-state index contributed by atoms with van der Waals surface area (Å²) in [6, 6.07) is 10.3. The Balaban J connectivity index is 1.66. The summed E-state index contributed by atoms with van der Waals surface area (Å²) >= 11 is 1.77. The van der Waals surface area contributed by atoms with Crippen molar-refractivity contribution in [3.63, 3.8) is 0 Å². The number of ether oxygens (including phenoxy) is 1. The molecular formula is C19H22N4OS. The normalized spacial score (nSPS) is 15.7. The lowest BCUT2D eigenvalue weighted by Crippen LogP contribution is -2.46. The maximum Gasteiger partial charge on any atom is 0.150 e. The van der Waals surface area contributed by atoms with Crippen molar-refractivity contribution < 1.29 is 4.74 Å². The minimum absolute atomic E-state index is 0.874. The highest BCUT2D eigenvalue weighted by atomic mass is 32.1. The lowest BCUT2D eigenvalue weighted by atomic mass is 10.2. The fourth-order valence-electron chi connectivity index (χ4n) is 3.24. The Morgan fingerprint density at radius 1 is 1.08 bits per heavy atom. The first kappa shape index (κ1) is 16.3. The first-order valence-electron chi connectivity index (χ1n) is 8.64. The highest BCUT2D eigenvalue weighted by Crippen LogP contribution is 2.37. The van der Waals surface area contributed by atoms with E-state index in [0.29, 0.717) is 0 Å². The number of rotatable bonds is 4. The van der Waals surface area contributed by atoms with Crippen LogP contribution in [0.4, 0.5) is 5.82 Å². The SMILES string of the molecule is CCN1CCN(c2ncnc3cc(-c4ccc(OC)cc4)sc23)CC1. The molecule has 1 aromatic carbocycles. The van der Waals surface area contributed by atoms with Gasteiger partial charge in [0.15, 0.2) is 0 Å². The second-order valence-corrected chi connectivity index (χ2v) is 7.22. The molecule has 2 aromatic heterocycles. The summed E-state index contributed by atoms with van der Waals surface area (Å²) in [6.45, 7) is 7.58. The van der Waals surface area contributed by atoms with E-state index in [4.69, 9.17) is 4.74 Å². The predicted octanol–water partition coefficient (Wildman–Crippen LogP) is 3.51. The third-order valence-corrected chi connectivity index (χ3v) is 5.96. The fourth-order valence-corrected chi connectivity index (χ4v) is 4.37. The van der Waals surface area contributed by atoms with Gasteiger partial charge in [-0.1, -0.05) is 6.92 Å². The van der Waals surface area contributed by atoms with Gasteiger partial charge in [0.1, 0.15) is 17.9 Å². The zero-order chi connectivity index (χ0) is 17.2. The molecule has 3 aromatic rings. The fraction of sp³-hybridized carbons (Fsp3) is 0.368. The quantitative estimate of drug-likeness (QED) is 0.717. The molecular weight excluding hydrogens is 332 g/mol. The molecule has 0 aliphatic carbocycles. The van der Waals surface area contributed by atoms with Gasteiger partial charge in [-0.3, -0.25) is 0 Å². The van der Waals surface area contributed by atoms with Crippen molar-refractivity contribution in [1.82, 2.24) is 14.9 Å². The Kier molecular flexibility index (Phi) is 4.55. The summed E-state index contributed by atoms with van der Waals surface area (Å²) < 4.78 is 6.43. The van der Waals surface area contributed by atoms with Crippen molar-refractivity contribution >= 4 is 27.4 Å². The number of hydrogen-bond donors (Lipinski definition) is 0. The highest BCUT2D eigenvalue weighted by molar-refractivity contribution is 7.22. The maximum absolute atomic E-state index is 5.25. The van der Waals surface area contributed by atoms with Crippen LogP contribution >= 0.6 is 11.3 Å². The summed E-state index contributed by atoms with van der Waals surface area (Å²) in [5.74, 6) is 1.95. The van der Waals surface area contributed by atoms with Gasteiger partial charge < -0.3 is 14.5 Å². The molecule has 1 saturated heterocycles. The van der Waals surface area contributed by atoms with E-state index in [0.717, 1.165) is 49.8 Å². The minimum atomic E-state index is 0.874. The van der Waals surface area contributed by atoms with Crippen LogP contribution < -0.4 is 9.64 Å². The van der Waals surface area contributed by atoms with Gasteiger partial charge in [0.25, 0.3) is 0 Å². The maximum atomic E-state index is 5.25. The standard InChI is InChI=1S/C19H22N4OS/c1-3-22-8-10-23(11-9-22)19-18-16(20-13-21-19)12-17(25-18)14-4-6-15(24-2)7-5-14/h4-7,12-13H,3,8-11H2,1-2H3. The van der Waals surface area contributed by atoms with Crippen LogP contribution in [0.1, 0.15) is 6.92 Å². The lowest BCUT2D eigenvalue weighted by Gasteiger charge is -2.34. The topological polar surface area (TPSA) is 41.5 Å². The van der Waals surface area contributed by atoms with E-state index < -0.39 is 0 Å². The molecule has 1 aliphatic rings. The van der Waals surface area contributed by atoms with Gasteiger partial charge in [-0.05, 0) is 42.4 Å². The monoisotopic (exact) mass is 354 g/mol. The third-order valence-electron chi connectivity index (χ3n) is 4.79. The zero-order valence-electron chi connectivity index (χ0n) is 14.6. The third kappa shape index (κ3) is 3.19. The molecule has 1 fully saturated rings. The van der Waals surface area contributed by atoms with Gasteiger partial charge in [0.2, 0.25) is 0 Å². The number of aromatic nitrogens is 2. The van der Waals surface area contributed by atoms with Crippen LogP contribution in [0.2, 0.25) is 0 Å². The summed E-state index contributed by atoms with van der Waals surface area (Å²) in [7, 11) is 1.69. The molecule has 0 spiro atoms. The lowest BCUT2D eigenvalue weighted by molar-refractivity contribution is 0.271. The Morgan fingerprint density at radius 3 is 2.52 bits per heavy atom. The van der Waals surface area contributed by atoms with Gasteiger partial charge in [-0.2, -0.15) is 0 Å². The van der Waals surface area contributed by atoms with E-state index in [1.165, 1.54) is 15.1 Å². The summed E-state index contributed by atoms with van der Waals surface area (Å²) in [6.07, 6.45) is 1.69. The summed E-state index contributed by atoms with van der Waals surface area (Å²) in [5, 5.41) is 0. The molecule has 0 N–H and O–H groups in total. The Bertz CT molecular complexity index is 853. The number of methoxy groups -OCH3 is 1. The number of nitrogens with zero attached hydrogens (tertiary/aromatic N) is 4. The van der Waals surface area contributed by atoms with Crippen LogP contribution in [0, 0.1) is 0 Å². The number of fused-ring (bicyclic) bond motifs is 1. The molecule has 0 bridgehead atoms. The second kappa shape index (κ2) is 6.98.